The lowest BCUT2D eigenvalue weighted by Gasteiger charge is -2.31. The van der Waals surface area contributed by atoms with Gasteiger partial charge in [-0.25, -0.2) is 0 Å². The maximum absolute atomic E-state index is 13.3. The fourth-order valence-corrected chi connectivity index (χ4v) is 5.13. The number of halogens is 1. The van der Waals surface area contributed by atoms with Gasteiger partial charge in [0.15, 0.2) is 0 Å². The third-order valence-corrected chi connectivity index (χ3v) is 6.91. The lowest BCUT2D eigenvalue weighted by Crippen LogP contribution is -2.43. The van der Waals surface area contributed by atoms with Crippen LogP contribution < -0.4 is 0 Å². The fraction of sp³-hybridized carbons (Fsp3) is 0.444. The number of fused-ring (bicyclic) bond motifs is 1. The summed E-state index contributed by atoms with van der Waals surface area (Å²) in [5, 5.41) is 1.21. The Balaban J connectivity index is 2.23. The molecule has 3 rings (SSSR count). The van der Waals surface area contributed by atoms with Gasteiger partial charge in [-0.3, -0.25) is 4.79 Å². The first-order valence-electron chi connectivity index (χ1n) is 11.4. The van der Waals surface area contributed by atoms with Crippen LogP contribution in [0.5, 0.6) is 0 Å². The second kappa shape index (κ2) is 9.20. The van der Waals surface area contributed by atoms with E-state index in [-0.39, 0.29) is 5.91 Å². The normalized spacial score (nSPS) is 11.9. The number of carbonyl (C=O) groups is 1. The van der Waals surface area contributed by atoms with E-state index in [0.717, 1.165) is 41.5 Å². The molecule has 0 radical (unpaired) electrons. The van der Waals surface area contributed by atoms with E-state index in [4.69, 9.17) is 0 Å². The van der Waals surface area contributed by atoms with Crippen molar-refractivity contribution in [2.24, 2.45) is 0 Å². The van der Waals surface area contributed by atoms with Crippen molar-refractivity contribution < 1.29 is 4.79 Å². The Kier molecular flexibility index (Phi) is 7.00. The van der Waals surface area contributed by atoms with Crippen LogP contribution in [0.4, 0.5) is 0 Å². The van der Waals surface area contributed by atoms with Crippen LogP contribution in [0.3, 0.4) is 0 Å². The Morgan fingerprint density at radius 2 is 1.61 bits per heavy atom. The zero-order valence-corrected chi connectivity index (χ0v) is 21.5. The Morgan fingerprint density at radius 1 is 1.00 bits per heavy atom. The zero-order chi connectivity index (χ0) is 22.9. The summed E-state index contributed by atoms with van der Waals surface area (Å²) in [6.45, 7) is 16.1. The van der Waals surface area contributed by atoms with Crippen molar-refractivity contribution in [1.82, 2.24) is 9.88 Å². The van der Waals surface area contributed by atoms with E-state index < -0.39 is 5.41 Å². The number of aromatic nitrogens is 1. The highest BCUT2D eigenvalue weighted by Gasteiger charge is 2.34. The Hall–Kier alpha value is -2.07. The van der Waals surface area contributed by atoms with Crippen LogP contribution in [0.1, 0.15) is 63.3 Å². The monoisotopic (exact) mass is 482 g/mol. The standard InChI is InChI=1S/C27H35BrN2O/c1-8-11-21-22-15-20(27(6,7)26(31)30(9-2)10-3)16-23(28)25(22)29-24(21)19-13-17(4)12-18(5)14-19/h12-16,29H,8-11H2,1-7H3. The maximum Gasteiger partial charge on any atom is 0.232 e. The molecule has 1 amide bonds. The van der Waals surface area contributed by atoms with Crippen LogP contribution in [0.15, 0.2) is 34.8 Å². The first kappa shape index (κ1) is 23.6. The van der Waals surface area contributed by atoms with Crippen molar-refractivity contribution in [3.05, 3.63) is 57.1 Å². The van der Waals surface area contributed by atoms with Crippen molar-refractivity contribution in [3.8, 4) is 11.3 Å². The molecular weight excluding hydrogens is 448 g/mol. The molecule has 166 valence electrons. The fourth-order valence-electron chi connectivity index (χ4n) is 4.57. The van der Waals surface area contributed by atoms with Gasteiger partial charge in [0.25, 0.3) is 0 Å². The average molecular weight is 483 g/mol. The van der Waals surface area contributed by atoms with Crippen molar-refractivity contribution >= 4 is 32.7 Å². The minimum Gasteiger partial charge on any atom is -0.353 e. The number of aryl methyl sites for hydroxylation is 3. The third-order valence-electron chi connectivity index (χ3n) is 6.28. The molecule has 0 aliphatic heterocycles. The number of H-pyrrole nitrogens is 1. The summed E-state index contributed by atoms with van der Waals surface area (Å²) in [4.78, 5) is 18.9. The highest BCUT2D eigenvalue weighted by molar-refractivity contribution is 9.10. The summed E-state index contributed by atoms with van der Waals surface area (Å²) in [6.07, 6.45) is 2.05. The summed E-state index contributed by atoms with van der Waals surface area (Å²) in [5.74, 6) is 0.172. The topological polar surface area (TPSA) is 36.1 Å². The molecule has 0 spiro atoms. The van der Waals surface area contributed by atoms with Crippen molar-refractivity contribution in [3.63, 3.8) is 0 Å². The van der Waals surface area contributed by atoms with Gasteiger partial charge in [0.1, 0.15) is 0 Å². The van der Waals surface area contributed by atoms with E-state index in [1.165, 1.54) is 33.3 Å². The molecule has 1 heterocycles. The van der Waals surface area contributed by atoms with Crippen LogP contribution in [-0.4, -0.2) is 28.9 Å². The van der Waals surface area contributed by atoms with Gasteiger partial charge in [-0.1, -0.05) is 30.5 Å². The highest BCUT2D eigenvalue weighted by Crippen LogP contribution is 2.39. The van der Waals surface area contributed by atoms with Crippen molar-refractivity contribution in [1.29, 1.82) is 0 Å². The van der Waals surface area contributed by atoms with Gasteiger partial charge < -0.3 is 9.88 Å². The second-order valence-corrected chi connectivity index (χ2v) is 9.94. The van der Waals surface area contributed by atoms with Gasteiger partial charge in [-0.15, -0.1) is 0 Å². The molecule has 3 aromatic rings. The first-order valence-corrected chi connectivity index (χ1v) is 12.2. The largest absolute Gasteiger partial charge is 0.353 e. The van der Waals surface area contributed by atoms with E-state index in [1.807, 2.05) is 32.6 Å². The number of carbonyl (C=O) groups excluding carboxylic acids is 1. The van der Waals surface area contributed by atoms with Crippen LogP contribution in [0, 0.1) is 13.8 Å². The SMILES string of the molecule is CCCc1c(-c2cc(C)cc(C)c2)[nH]c2c(Br)cc(C(C)(C)C(=O)N(CC)CC)cc12. The van der Waals surface area contributed by atoms with Gasteiger partial charge in [-0.05, 0) is 105 Å². The quantitative estimate of drug-likeness (QED) is 0.376. The molecule has 0 aliphatic carbocycles. The lowest BCUT2D eigenvalue weighted by atomic mass is 9.82. The molecule has 31 heavy (non-hydrogen) atoms. The Labute approximate surface area is 195 Å². The second-order valence-electron chi connectivity index (χ2n) is 9.09. The molecule has 1 aromatic heterocycles. The number of nitrogens with one attached hydrogen (secondary N) is 1. The molecule has 4 heteroatoms. The first-order chi connectivity index (χ1) is 14.6. The van der Waals surface area contributed by atoms with Crippen molar-refractivity contribution in [2.45, 2.75) is 66.7 Å². The third kappa shape index (κ3) is 4.45. The van der Waals surface area contributed by atoms with Gasteiger partial charge in [-0.2, -0.15) is 0 Å². The van der Waals surface area contributed by atoms with E-state index in [2.05, 4.69) is 72.0 Å². The predicted molar refractivity (Wildman–Crippen MR) is 136 cm³/mol. The van der Waals surface area contributed by atoms with E-state index in [0.29, 0.717) is 0 Å². The molecule has 0 saturated carbocycles. The number of aromatic amines is 1. The number of nitrogens with zero attached hydrogens (tertiary/aromatic N) is 1. The summed E-state index contributed by atoms with van der Waals surface area (Å²) >= 11 is 3.80. The summed E-state index contributed by atoms with van der Waals surface area (Å²) in [5.41, 5.74) is 7.83. The Bertz CT molecular complexity index is 1090. The maximum atomic E-state index is 13.3. The van der Waals surface area contributed by atoms with Gasteiger partial charge in [0.05, 0.1) is 10.9 Å². The predicted octanol–water partition coefficient (Wildman–Crippen LogP) is 7.31. The molecule has 0 atom stereocenters. The molecule has 0 bridgehead atoms. The molecule has 3 nitrogen and oxygen atoms in total. The van der Waals surface area contributed by atoms with Crippen LogP contribution in [-0.2, 0) is 16.6 Å². The zero-order valence-electron chi connectivity index (χ0n) is 19.9. The lowest BCUT2D eigenvalue weighted by molar-refractivity contribution is -0.135. The smallest absolute Gasteiger partial charge is 0.232 e. The highest BCUT2D eigenvalue weighted by atomic mass is 79.9. The summed E-state index contributed by atoms with van der Waals surface area (Å²) in [7, 11) is 0. The number of amides is 1. The minimum absolute atomic E-state index is 0.172. The van der Waals surface area contributed by atoms with Crippen LogP contribution in [0.2, 0.25) is 0 Å². The number of hydrogen-bond acceptors (Lipinski definition) is 1. The Morgan fingerprint density at radius 3 is 2.16 bits per heavy atom. The minimum atomic E-state index is -0.594. The number of likely N-dealkylation sites (N-methyl/N-ethyl adjacent to an activating group) is 1. The molecule has 0 fully saturated rings. The number of rotatable bonds is 7. The summed E-state index contributed by atoms with van der Waals surface area (Å²) < 4.78 is 1.01. The molecular formula is C27H35BrN2O. The van der Waals surface area contributed by atoms with Gasteiger partial charge in [0, 0.05) is 28.6 Å². The molecule has 0 aliphatic rings. The van der Waals surface area contributed by atoms with Gasteiger partial charge in [0.2, 0.25) is 5.91 Å². The average Bonchev–Trinajstić information content (AvgIpc) is 3.07. The van der Waals surface area contributed by atoms with Gasteiger partial charge >= 0.3 is 0 Å². The van der Waals surface area contributed by atoms with Crippen LogP contribution >= 0.6 is 15.9 Å². The molecule has 1 N–H and O–H groups in total. The van der Waals surface area contributed by atoms with E-state index in [1.54, 1.807) is 0 Å². The molecule has 0 unspecified atom stereocenters. The number of benzene rings is 2. The summed E-state index contributed by atoms with van der Waals surface area (Å²) in [6, 6.07) is 11.1. The van der Waals surface area contributed by atoms with Crippen LogP contribution in [0.25, 0.3) is 22.2 Å². The van der Waals surface area contributed by atoms with E-state index in [9.17, 15) is 4.79 Å². The van der Waals surface area contributed by atoms with Crippen molar-refractivity contribution in [2.75, 3.05) is 13.1 Å². The molecule has 0 saturated heterocycles. The number of hydrogen-bond donors (Lipinski definition) is 1. The molecule has 2 aromatic carbocycles. The van der Waals surface area contributed by atoms with E-state index >= 15 is 0 Å².